The zero-order chi connectivity index (χ0) is 16.4. The number of aromatic nitrogens is 6. The Bertz CT molecular complexity index is 815. The Morgan fingerprint density at radius 3 is 2.75 bits per heavy atom. The summed E-state index contributed by atoms with van der Waals surface area (Å²) in [6.45, 7) is 1.96. The summed E-state index contributed by atoms with van der Waals surface area (Å²) in [5, 5.41) is 0. The van der Waals surface area contributed by atoms with E-state index in [2.05, 4.69) is 29.8 Å². The largest absolute Gasteiger partial charge is 0.341 e. The lowest BCUT2D eigenvalue weighted by molar-refractivity contribution is 0.576. The molecule has 3 aromatic rings. The van der Waals surface area contributed by atoms with E-state index in [0.717, 1.165) is 49.1 Å². The molecule has 0 amide bonds. The summed E-state index contributed by atoms with van der Waals surface area (Å²) in [4.78, 5) is 24.1. The zero-order valence-corrected chi connectivity index (χ0v) is 13.6. The Balaban J connectivity index is 1.46. The Labute approximate surface area is 140 Å². The number of hydrogen-bond donors (Lipinski definition) is 0. The summed E-state index contributed by atoms with van der Waals surface area (Å²) in [5.74, 6) is 2.23. The van der Waals surface area contributed by atoms with Gasteiger partial charge in [0.2, 0.25) is 5.95 Å². The standard InChI is InChI=1S/C17H19N7/c1-23-8-6-18-16(23)15-10-14(21-12-22-15)9-13-3-7-24(11-13)17-19-4-2-5-20-17/h2,4-6,8,10,12-13H,3,7,9,11H2,1H3/t13-/m0/s1. The number of imidazole rings is 1. The van der Waals surface area contributed by atoms with Gasteiger partial charge in [-0.3, -0.25) is 0 Å². The van der Waals surface area contributed by atoms with Crippen LogP contribution in [-0.4, -0.2) is 42.6 Å². The van der Waals surface area contributed by atoms with Crippen molar-refractivity contribution in [2.24, 2.45) is 13.0 Å². The molecule has 3 aromatic heterocycles. The lowest BCUT2D eigenvalue weighted by Gasteiger charge is -2.15. The van der Waals surface area contributed by atoms with E-state index in [1.807, 2.05) is 29.9 Å². The summed E-state index contributed by atoms with van der Waals surface area (Å²) < 4.78 is 1.97. The number of hydrogen-bond acceptors (Lipinski definition) is 6. The highest BCUT2D eigenvalue weighted by Gasteiger charge is 2.25. The molecule has 7 heteroatoms. The Hall–Kier alpha value is -2.83. The van der Waals surface area contributed by atoms with Gasteiger partial charge in [-0.05, 0) is 30.9 Å². The smallest absolute Gasteiger partial charge is 0.225 e. The molecule has 0 N–H and O–H groups in total. The van der Waals surface area contributed by atoms with Gasteiger partial charge in [0.25, 0.3) is 0 Å². The molecule has 0 aromatic carbocycles. The predicted molar refractivity (Wildman–Crippen MR) is 90.3 cm³/mol. The molecule has 0 aliphatic carbocycles. The fourth-order valence-corrected chi connectivity index (χ4v) is 3.18. The van der Waals surface area contributed by atoms with Crippen molar-refractivity contribution < 1.29 is 0 Å². The van der Waals surface area contributed by atoms with Crippen LogP contribution in [0.2, 0.25) is 0 Å². The van der Waals surface area contributed by atoms with Crippen LogP contribution in [0.25, 0.3) is 11.5 Å². The van der Waals surface area contributed by atoms with Gasteiger partial charge >= 0.3 is 0 Å². The normalized spacial score (nSPS) is 17.4. The minimum Gasteiger partial charge on any atom is -0.341 e. The molecule has 1 aliphatic rings. The molecule has 1 atom stereocenters. The van der Waals surface area contributed by atoms with Crippen LogP contribution in [0.5, 0.6) is 0 Å². The lowest BCUT2D eigenvalue weighted by Crippen LogP contribution is -2.22. The molecular weight excluding hydrogens is 302 g/mol. The number of aryl methyl sites for hydroxylation is 1. The maximum atomic E-state index is 4.44. The molecule has 24 heavy (non-hydrogen) atoms. The first-order valence-electron chi connectivity index (χ1n) is 8.10. The first-order chi connectivity index (χ1) is 11.8. The van der Waals surface area contributed by atoms with Gasteiger partial charge in [-0.15, -0.1) is 0 Å². The molecule has 1 saturated heterocycles. The molecule has 0 saturated carbocycles. The summed E-state index contributed by atoms with van der Waals surface area (Å²) in [5.41, 5.74) is 1.93. The SMILES string of the molecule is Cn1ccnc1-c1cc(C[C@@H]2CCN(c3ncccn3)C2)ncn1. The van der Waals surface area contributed by atoms with Crippen molar-refractivity contribution in [3.63, 3.8) is 0 Å². The molecule has 0 bridgehead atoms. The third kappa shape index (κ3) is 2.97. The van der Waals surface area contributed by atoms with E-state index < -0.39 is 0 Å². The molecule has 1 fully saturated rings. The number of nitrogens with zero attached hydrogens (tertiary/aromatic N) is 7. The molecule has 0 spiro atoms. The molecule has 4 rings (SSSR count). The third-order valence-corrected chi connectivity index (χ3v) is 4.39. The van der Waals surface area contributed by atoms with E-state index in [9.17, 15) is 0 Å². The summed E-state index contributed by atoms with van der Waals surface area (Å²) in [6, 6.07) is 3.89. The number of rotatable bonds is 4. The van der Waals surface area contributed by atoms with Crippen LogP contribution in [0, 0.1) is 5.92 Å². The van der Waals surface area contributed by atoms with E-state index >= 15 is 0 Å². The molecule has 122 valence electrons. The van der Waals surface area contributed by atoms with Crippen LogP contribution >= 0.6 is 0 Å². The summed E-state index contributed by atoms with van der Waals surface area (Å²) >= 11 is 0. The van der Waals surface area contributed by atoms with Crippen molar-refractivity contribution >= 4 is 5.95 Å². The van der Waals surface area contributed by atoms with Crippen molar-refractivity contribution in [1.82, 2.24) is 29.5 Å². The molecular formula is C17H19N7. The highest BCUT2D eigenvalue weighted by atomic mass is 15.3. The second-order valence-corrected chi connectivity index (χ2v) is 6.11. The summed E-state index contributed by atoms with van der Waals surface area (Å²) in [6.07, 6.45) is 11.0. The van der Waals surface area contributed by atoms with Gasteiger partial charge < -0.3 is 9.47 Å². The predicted octanol–water partition coefficient (Wildman–Crippen LogP) is 1.74. The van der Waals surface area contributed by atoms with Gasteiger partial charge in [-0.25, -0.2) is 24.9 Å². The molecule has 4 heterocycles. The van der Waals surface area contributed by atoms with Crippen molar-refractivity contribution in [3.05, 3.63) is 48.9 Å². The second-order valence-electron chi connectivity index (χ2n) is 6.11. The Morgan fingerprint density at radius 1 is 1.08 bits per heavy atom. The van der Waals surface area contributed by atoms with Crippen molar-refractivity contribution in [3.8, 4) is 11.5 Å². The minimum absolute atomic E-state index is 0.554. The molecule has 0 unspecified atom stereocenters. The minimum atomic E-state index is 0.554. The van der Waals surface area contributed by atoms with E-state index in [4.69, 9.17) is 0 Å². The number of anilines is 1. The zero-order valence-electron chi connectivity index (χ0n) is 13.6. The Morgan fingerprint density at radius 2 is 1.96 bits per heavy atom. The Kier molecular flexibility index (Phi) is 3.90. The topological polar surface area (TPSA) is 72.6 Å². The second kappa shape index (κ2) is 6.35. The maximum Gasteiger partial charge on any atom is 0.225 e. The van der Waals surface area contributed by atoms with Crippen LogP contribution in [0.15, 0.2) is 43.2 Å². The van der Waals surface area contributed by atoms with Crippen LogP contribution in [-0.2, 0) is 13.5 Å². The van der Waals surface area contributed by atoms with Crippen LogP contribution < -0.4 is 4.90 Å². The van der Waals surface area contributed by atoms with Crippen LogP contribution in [0.4, 0.5) is 5.95 Å². The van der Waals surface area contributed by atoms with Crippen LogP contribution in [0.3, 0.4) is 0 Å². The van der Waals surface area contributed by atoms with Gasteiger partial charge in [0.1, 0.15) is 12.0 Å². The fourth-order valence-electron chi connectivity index (χ4n) is 3.18. The molecule has 7 nitrogen and oxygen atoms in total. The van der Waals surface area contributed by atoms with E-state index in [1.165, 1.54) is 0 Å². The molecule has 1 aliphatic heterocycles. The highest BCUT2D eigenvalue weighted by molar-refractivity contribution is 5.49. The van der Waals surface area contributed by atoms with Crippen molar-refractivity contribution in [2.45, 2.75) is 12.8 Å². The lowest BCUT2D eigenvalue weighted by atomic mass is 10.0. The monoisotopic (exact) mass is 321 g/mol. The third-order valence-electron chi connectivity index (χ3n) is 4.39. The fraction of sp³-hybridized carbons (Fsp3) is 0.353. The average molecular weight is 321 g/mol. The van der Waals surface area contributed by atoms with Gasteiger partial charge in [0, 0.05) is 50.6 Å². The van der Waals surface area contributed by atoms with E-state index in [-0.39, 0.29) is 0 Å². The highest BCUT2D eigenvalue weighted by Crippen LogP contribution is 2.24. The van der Waals surface area contributed by atoms with Gasteiger partial charge in [0.15, 0.2) is 5.82 Å². The van der Waals surface area contributed by atoms with E-state index in [1.54, 1.807) is 24.9 Å². The maximum absolute atomic E-state index is 4.44. The van der Waals surface area contributed by atoms with Crippen molar-refractivity contribution in [2.75, 3.05) is 18.0 Å². The van der Waals surface area contributed by atoms with Crippen LogP contribution in [0.1, 0.15) is 12.1 Å². The quantitative estimate of drug-likeness (QED) is 0.729. The first-order valence-corrected chi connectivity index (χ1v) is 8.10. The molecule has 0 radical (unpaired) electrons. The van der Waals surface area contributed by atoms with Crippen molar-refractivity contribution in [1.29, 1.82) is 0 Å². The first kappa shape index (κ1) is 14.7. The van der Waals surface area contributed by atoms with Gasteiger partial charge in [-0.1, -0.05) is 0 Å². The van der Waals surface area contributed by atoms with Gasteiger partial charge in [-0.2, -0.15) is 0 Å². The summed E-state index contributed by atoms with van der Waals surface area (Å²) in [7, 11) is 1.97. The van der Waals surface area contributed by atoms with Gasteiger partial charge in [0.05, 0.1) is 0 Å². The van der Waals surface area contributed by atoms with E-state index in [0.29, 0.717) is 5.92 Å². The average Bonchev–Trinajstić information content (AvgIpc) is 3.25.